The lowest BCUT2D eigenvalue weighted by Gasteiger charge is -2.35. The molecular weight excluding hydrogens is 178 g/mol. The van der Waals surface area contributed by atoms with Crippen LogP contribution in [0.2, 0.25) is 0 Å². The molecule has 0 spiro atoms. The van der Waals surface area contributed by atoms with Gasteiger partial charge in [0.05, 0.1) is 18.4 Å². The predicted molar refractivity (Wildman–Crippen MR) is 52.8 cm³/mol. The summed E-state index contributed by atoms with van der Waals surface area (Å²) in [5.41, 5.74) is 0.484. The van der Waals surface area contributed by atoms with Crippen LogP contribution in [0, 0.1) is 0 Å². The van der Waals surface area contributed by atoms with E-state index in [0.29, 0.717) is 13.0 Å². The van der Waals surface area contributed by atoms with Crippen LogP contribution < -0.4 is 0 Å². The minimum absolute atomic E-state index is 0.268. The zero-order valence-corrected chi connectivity index (χ0v) is 8.31. The van der Waals surface area contributed by atoms with Crippen molar-refractivity contribution in [3.63, 3.8) is 0 Å². The third kappa shape index (κ3) is 1.79. The van der Waals surface area contributed by atoms with Gasteiger partial charge in [0.25, 0.3) is 0 Å². The van der Waals surface area contributed by atoms with Crippen LogP contribution in [0.15, 0.2) is 24.4 Å². The molecule has 1 fully saturated rings. The monoisotopic (exact) mass is 193 g/mol. The average molecular weight is 193 g/mol. The predicted octanol–water partition coefficient (Wildman–Crippen LogP) is 1.47. The lowest BCUT2D eigenvalue weighted by atomic mass is 9.90. The zero-order chi connectivity index (χ0) is 10.0. The quantitative estimate of drug-likeness (QED) is 0.734. The van der Waals surface area contributed by atoms with E-state index in [9.17, 15) is 5.11 Å². The molecule has 1 aliphatic rings. The fourth-order valence-corrected chi connectivity index (χ4v) is 1.88. The molecule has 0 amide bonds. The lowest BCUT2D eigenvalue weighted by molar-refractivity contribution is -0.114. The van der Waals surface area contributed by atoms with Gasteiger partial charge in [-0.25, -0.2) is 0 Å². The highest BCUT2D eigenvalue weighted by Crippen LogP contribution is 2.33. The Morgan fingerprint density at radius 2 is 2.43 bits per heavy atom. The Morgan fingerprint density at radius 3 is 3.07 bits per heavy atom. The molecular formula is C11H15NO2. The Labute approximate surface area is 83.7 Å². The van der Waals surface area contributed by atoms with Crippen LogP contribution in [0.3, 0.4) is 0 Å². The van der Waals surface area contributed by atoms with Gasteiger partial charge in [-0.05, 0) is 25.5 Å². The summed E-state index contributed by atoms with van der Waals surface area (Å²) >= 11 is 0. The van der Waals surface area contributed by atoms with Crippen molar-refractivity contribution in [2.45, 2.75) is 31.5 Å². The van der Waals surface area contributed by atoms with E-state index in [1.165, 1.54) is 0 Å². The van der Waals surface area contributed by atoms with Gasteiger partial charge in [0, 0.05) is 12.6 Å². The Balaban J connectivity index is 2.23. The van der Waals surface area contributed by atoms with Gasteiger partial charge >= 0.3 is 0 Å². The van der Waals surface area contributed by atoms with Crippen LogP contribution in [0.4, 0.5) is 0 Å². The normalized spacial score (nSPS) is 32.9. The van der Waals surface area contributed by atoms with Crippen LogP contribution in [-0.2, 0) is 10.3 Å². The van der Waals surface area contributed by atoms with Gasteiger partial charge < -0.3 is 9.84 Å². The summed E-state index contributed by atoms with van der Waals surface area (Å²) in [5.74, 6) is 0. The number of aliphatic hydroxyl groups is 1. The number of ether oxygens (including phenoxy) is 1. The topological polar surface area (TPSA) is 42.4 Å². The first kappa shape index (κ1) is 9.62. The third-order valence-electron chi connectivity index (χ3n) is 2.70. The van der Waals surface area contributed by atoms with Crippen molar-refractivity contribution < 1.29 is 9.84 Å². The van der Waals surface area contributed by atoms with Crippen LogP contribution in [0.25, 0.3) is 0 Å². The molecule has 2 unspecified atom stereocenters. The molecule has 0 saturated carbocycles. The summed E-state index contributed by atoms with van der Waals surface area (Å²) in [5, 5.41) is 9.60. The van der Waals surface area contributed by atoms with Gasteiger partial charge in [0.15, 0.2) is 0 Å². The lowest BCUT2D eigenvalue weighted by Crippen LogP contribution is -2.37. The van der Waals surface area contributed by atoms with E-state index in [0.717, 1.165) is 12.1 Å². The molecule has 0 aromatic carbocycles. The molecule has 1 aromatic rings. The molecule has 3 nitrogen and oxygen atoms in total. The second kappa shape index (κ2) is 3.67. The molecule has 0 radical (unpaired) electrons. The van der Waals surface area contributed by atoms with Crippen LogP contribution in [0.5, 0.6) is 0 Å². The first-order valence-electron chi connectivity index (χ1n) is 4.94. The molecule has 2 rings (SSSR count). The Hall–Kier alpha value is -0.930. The molecule has 0 aliphatic carbocycles. The highest BCUT2D eigenvalue weighted by atomic mass is 16.5. The fourth-order valence-electron chi connectivity index (χ4n) is 1.88. The van der Waals surface area contributed by atoms with Gasteiger partial charge in [0.1, 0.15) is 5.60 Å². The largest absolute Gasteiger partial charge is 0.393 e. The summed E-state index contributed by atoms with van der Waals surface area (Å²) in [6.07, 6.45) is 2.84. The molecule has 1 aliphatic heterocycles. The number of hydrogen-bond donors (Lipinski definition) is 1. The smallest absolute Gasteiger partial charge is 0.110 e. The van der Waals surface area contributed by atoms with Crippen molar-refractivity contribution in [1.82, 2.24) is 4.98 Å². The summed E-state index contributed by atoms with van der Waals surface area (Å²) in [6, 6.07) is 5.77. The van der Waals surface area contributed by atoms with Crippen molar-refractivity contribution in [2.24, 2.45) is 0 Å². The third-order valence-corrected chi connectivity index (χ3v) is 2.70. The fraction of sp³-hybridized carbons (Fsp3) is 0.545. The van der Waals surface area contributed by atoms with E-state index in [1.807, 2.05) is 25.1 Å². The summed E-state index contributed by atoms with van der Waals surface area (Å²) in [7, 11) is 0. The first-order chi connectivity index (χ1) is 6.71. The van der Waals surface area contributed by atoms with Gasteiger partial charge in [0.2, 0.25) is 0 Å². The standard InChI is InChI=1S/C11H15NO2/c1-11(8-9(13)5-7-14-11)10-4-2-3-6-12-10/h2-4,6,9,13H,5,7-8H2,1H3. The van der Waals surface area contributed by atoms with E-state index >= 15 is 0 Å². The molecule has 2 atom stereocenters. The van der Waals surface area contributed by atoms with E-state index in [4.69, 9.17) is 4.74 Å². The number of hydrogen-bond acceptors (Lipinski definition) is 3. The second-order valence-corrected chi connectivity index (χ2v) is 3.94. The van der Waals surface area contributed by atoms with E-state index in [1.54, 1.807) is 6.20 Å². The minimum atomic E-state index is -0.418. The molecule has 2 heterocycles. The van der Waals surface area contributed by atoms with Crippen molar-refractivity contribution in [3.05, 3.63) is 30.1 Å². The first-order valence-corrected chi connectivity index (χ1v) is 4.94. The number of nitrogens with zero attached hydrogens (tertiary/aromatic N) is 1. The van der Waals surface area contributed by atoms with E-state index in [2.05, 4.69) is 4.98 Å². The molecule has 76 valence electrons. The summed E-state index contributed by atoms with van der Waals surface area (Å²) < 4.78 is 5.70. The highest BCUT2D eigenvalue weighted by Gasteiger charge is 2.35. The molecule has 14 heavy (non-hydrogen) atoms. The van der Waals surface area contributed by atoms with Crippen LogP contribution >= 0.6 is 0 Å². The maximum Gasteiger partial charge on any atom is 0.110 e. The van der Waals surface area contributed by atoms with Gasteiger partial charge in [-0.1, -0.05) is 6.07 Å². The summed E-state index contributed by atoms with van der Waals surface area (Å²) in [6.45, 7) is 2.59. The Bertz CT molecular complexity index is 301. The molecule has 1 aromatic heterocycles. The number of rotatable bonds is 1. The molecule has 0 bridgehead atoms. The number of aromatic nitrogens is 1. The van der Waals surface area contributed by atoms with E-state index in [-0.39, 0.29) is 6.10 Å². The number of pyridine rings is 1. The average Bonchev–Trinajstić information content (AvgIpc) is 2.19. The van der Waals surface area contributed by atoms with Crippen LogP contribution in [0.1, 0.15) is 25.5 Å². The second-order valence-electron chi connectivity index (χ2n) is 3.94. The van der Waals surface area contributed by atoms with Crippen molar-refractivity contribution >= 4 is 0 Å². The molecule has 3 heteroatoms. The van der Waals surface area contributed by atoms with Crippen LogP contribution in [-0.4, -0.2) is 22.8 Å². The maximum absolute atomic E-state index is 9.60. The van der Waals surface area contributed by atoms with Crippen molar-refractivity contribution in [3.8, 4) is 0 Å². The van der Waals surface area contributed by atoms with E-state index < -0.39 is 5.60 Å². The zero-order valence-electron chi connectivity index (χ0n) is 8.31. The Kier molecular flexibility index (Phi) is 2.52. The SMILES string of the molecule is CC1(c2ccccn2)CC(O)CCO1. The van der Waals surface area contributed by atoms with Gasteiger partial charge in [-0.3, -0.25) is 4.98 Å². The van der Waals surface area contributed by atoms with Crippen molar-refractivity contribution in [2.75, 3.05) is 6.61 Å². The molecule has 1 saturated heterocycles. The maximum atomic E-state index is 9.60. The number of aliphatic hydroxyl groups excluding tert-OH is 1. The minimum Gasteiger partial charge on any atom is -0.393 e. The van der Waals surface area contributed by atoms with Crippen molar-refractivity contribution in [1.29, 1.82) is 0 Å². The Morgan fingerprint density at radius 1 is 1.57 bits per heavy atom. The van der Waals surface area contributed by atoms with Gasteiger partial charge in [-0.2, -0.15) is 0 Å². The van der Waals surface area contributed by atoms with Gasteiger partial charge in [-0.15, -0.1) is 0 Å². The highest BCUT2D eigenvalue weighted by molar-refractivity contribution is 5.13. The molecule has 1 N–H and O–H groups in total. The summed E-state index contributed by atoms with van der Waals surface area (Å²) in [4.78, 5) is 4.27.